The Morgan fingerprint density at radius 3 is 1.62 bits per heavy atom. The fraction of sp³-hybridized carbons (Fsp3) is 0.111. The van der Waals surface area contributed by atoms with Crippen LogP contribution in [0.5, 0.6) is 0 Å². The first kappa shape index (κ1) is 22.7. The maximum absolute atomic E-state index is 13.8. The summed E-state index contributed by atoms with van der Waals surface area (Å²) in [6, 6.07) is 13.1. The van der Waals surface area contributed by atoms with Gasteiger partial charge in [0.1, 0.15) is 17.5 Å². The second kappa shape index (κ2) is 8.44. The number of aromatic nitrogens is 5. The Morgan fingerprint density at radius 2 is 1.11 bits per heavy atom. The van der Waals surface area contributed by atoms with Gasteiger partial charge in [0, 0.05) is 16.7 Å². The topological polar surface area (TPSA) is 80.0 Å². The van der Waals surface area contributed by atoms with Gasteiger partial charge in [0.15, 0.2) is 0 Å². The number of anilines is 1. The molecule has 37 heavy (non-hydrogen) atoms. The Balaban J connectivity index is 1.63. The van der Waals surface area contributed by atoms with Crippen LogP contribution in [0.1, 0.15) is 22.3 Å². The van der Waals surface area contributed by atoms with Crippen molar-refractivity contribution in [2.24, 2.45) is 4.99 Å². The minimum absolute atomic E-state index is 0.249. The molecule has 1 aliphatic heterocycles. The molecule has 0 aliphatic carbocycles. The van der Waals surface area contributed by atoms with Crippen LogP contribution in [0, 0.1) is 38.2 Å². The maximum Gasteiger partial charge on any atom is 0.334 e. The normalized spacial score (nSPS) is 12.4. The van der Waals surface area contributed by atoms with Gasteiger partial charge >= 0.3 is 17.7 Å². The van der Waals surface area contributed by atoms with Crippen molar-refractivity contribution in [3.8, 4) is 22.8 Å². The summed E-state index contributed by atoms with van der Waals surface area (Å²) in [5.41, 5.74) is 3.88. The summed E-state index contributed by atoms with van der Waals surface area (Å²) in [6.45, 7) is 5.31. The minimum atomic E-state index is -0.368. The van der Waals surface area contributed by atoms with Crippen molar-refractivity contribution in [1.29, 1.82) is 0 Å². The fourth-order valence-electron chi connectivity index (χ4n) is 4.35. The zero-order valence-corrected chi connectivity index (χ0v) is 20.0. The minimum Gasteiger partial charge on any atom is -0.267 e. The fourth-order valence-corrected chi connectivity index (χ4v) is 4.35. The van der Waals surface area contributed by atoms with Crippen LogP contribution < -0.4 is 9.72 Å². The van der Waals surface area contributed by atoms with E-state index in [1.165, 1.54) is 36.4 Å². The number of benzene rings is 3. The van der Waals surface area contributed by atoms with E-state index in [0.717, 1.165) is 0 Å². The Hall–Kier alpha value is -4.73. The number of halogens is 3. The van der Waals surface area contributed by atoms with E-state index >= 15 is 0 Å². The first-order valence-electron chi connectivity index (χ1n) is 11.4. The Kier molecular flexibility index (Phi) is 5.18. The average Bonchev–Trinajstić information content (AvgIpc) is 2.83. The van der Waals surface area contributed by atoms with Gasteiger partial charge in [0.2, 0.25) is 17.5 Å². The standard InChI is InChI=1S/C27H18F3N7/c1-13-10-16(28)4-7-19(13)22-31-25-33-23(20-8-5-17(29)11-14(20)2)35-27-36-24(34-26(32-22)37(25)27)21-9-6-18(30)12-15(21)3/h4-12H,1-3H3/p+1. The first-order valence-corrected chi connectivity index (χ1v) is 11.4. The summed E-state index contributed by atoms with van der Waals surface area (Å²) in [5.74, 6) is 0.792. The Bertz CT molecular complexity index is 1780. The predicted molar refractivity (Wildman–Crippen MR) is 132 cm³/mol. The quantitative estimate of drug-likeness (QED) is 0.347. The third-order valence-corrected chi connectivity index (χ3v) is 6.19. The van der Waals surface area contributed by atoms with Gasteiger partial charge in [-0.1, -0.05) is 0 Å². The SMILES string of the molecule is Cc1cc(F)ccc1C1=Nc2nc(-c3ccc(F)cc3C)nc3nc(-c4ccc(F)cc4C)nc([n+]23)N1. The molecule has 3 aromatic carbocycles. The highest BCUT2D eigenvalue weighted by Crippen LogP contribution is 2.27. The van der Waals surface area contributed by atoms with E-state index in [-0.39, 0.29) is 29.2 Å². The van der Waals surface area contributed by atoms with Gasteiger partial charge in [-0.2, -0.15) is 4.40 Å². The lowest BCUT2D eigenvalue weighted by Gasteiger charge is -2.15. The summed E-state index contributed by atoms with van der Waals surface area (Å²) in [6.07, 6.45) is 0. The van der Waals surface area contributed by atoms with E-state index in [0.29, 0.717) is 56.8 Å². The van der Waals surface area contributed by atoms with Crippen LogP contribution in [0.2, 0.25) is 0 Å². The molecule has 0 amide bonds. The van der Waals surface area contributed by atoms with Gasteiger partial charge in [-0.25, -0.2) is 13.2 Å². The van der Waals surface area contributed by atoms with Gasteiger partial charge in [0.05, 0.1) is 0 Å². The second-order valence-electron chi connectivity index (χ2n) is 8.82. The van der Waals surface area contributed by atoms with Gasteiger partial charge in [0.25, 0.3) is 0 Å². The highest BCUT2D eigenvalue weighted by molar-refractivity contribution is 6.09. The Labute approximate surface area is 209 Å². The molecule has 0 atom stereocenters. The molecular formula is C27H19F3N7+. The van der Waals surface area contributed by atoms with Crippen molar-refractivity contribution in [3.05, 3.63) is 94.3 Å². The summed E-state index contributed by atoms with van der Waals surface area (Å²) < 4.78 is 42.9. The zero-order valence-electron chi connectivity index (χ0n) is 20.0. The lowest BCUT2D eigenvalue weighted by molar-refractivity contribution is -0.494. The molecule has 10 heteroatoms. The molecule has 0 saturated heterocycles. The predicted octanol–water partition coefficient (Wildman–Crippen LogP) is 5.19. The van der Waals surface area contributed by atoms with Crippen LogP contribution in [0.15, 0.2) is 59.6 Å². The third-order valence-electron chi connectivity index (χ3n) is 6.19. The lowest BCUT2D eigenvalue weighted by Crippen LogP contribution is -2.38. The summed E-state index contributed by atoms with van der Waals surface area (Å²) in [4.78, 5) is 23.3. The van der Waals surface area contributed by atoms with Crippen molar-refractivity contribution < 1.29 is 17.6 Å². The average molecular weight is 498 g/mol. The van der Waals surface area contributed by atoms with Crippen LogP contribution in [0.3, 0.4) is 0 Å². The zero-order chi connectivity index (χ0) is 25.8. The smallest absolute Gasteiger partial charge is 0.267 e. The summed E-state index contributed by atoms with van der Waals surface area (Å²) in [7, 11) is 0. The van der Waals surface area contributed by atoms with E-state index in [9.17, 15) is 13.2 Å². The third kappa shape index (κ3) is 3.96. The number of aryl methyl sites for hydroxylation is 3. The van der Waals surface area contributed by atoms with Crippen molar-refractivity contribution in [2.75, 3.05) is 5.32 Å². The van der Waals surface area contributed by atoms with E-state index in [2.05, 4.69) is 30.2 Å². The van der Waals surface area contributed by atoms with Crippen LogP contribution in [-0.2, 0) is 0 Å². The molecule has 0 unspecified atom stereocenters. The van der Waals surface area contributed by atoms with E-state index in [4.69, 9.17) is 0 Å². The van der Waals surface area contributed by atoms with Crippen molar-refractivity contribution >= 4 is 23.5 Å². The van der Waals surface area contributed by atoms with Gasteiger partial charge in [-0.05, 0) is 92.1 Å². The summed E-state index contributed by atoms with van der Waals surface area (Å²) >= 11 is 0. The second-order valence-corrected chi connectivity index (χ2v) is 8.82. The molecule has 182 valence electrons. The van der Waals surface area contributed by atoms with Crippen LogP contribution in [-0.4, -0.2) is 25.8 Å². The number of amidine groups is 1. The Morgan fingerprint density at radius 1 is 0.622 bits per heavy atom. The molecule has 0 saturated carbocycles. The lowest BCUT2D eigenvalue weighted by atomic mass is 10.1. The van der Waals surface area contributed by atoms with Crippen LogP contribution >= 0.6 is 0 Å². The van der Waals surface area contributed by atoms with Crippen molar-refractivity contribution in [2.45, 2.75) is 20.8 Å². The largest absolute Gasteiger partial charge is 0.334 e. The number of aliphatic imine (C=N–C) groups is 1. The molecule has 2 aromatic heterocycles. The molecule has 0 spiro atoms. The van der Waals surface area contributed by atoms with Crippen LogP contribution in [0.25, 0.3) is 28.6 Å². The van der Waals surface area contributed by atoms with E-state index in [1.807, 2.05) is 0 Å². The molecular weight excluding hydrogens is 479 g/mol. The molecule has 0 fully saturated rings. The molecule has 6 rings (SSSR count). The van der Waals surface area contributed by atoms with E-state index in [1.54, 1.807) is 43.4 Å². The van der Waals surface area contributed by atoms with E-state index < -0.39 is 0 Å². The monoisotopic (exact) mass is 498 g/mol. The number of rotatable bonds is 3. The van der Waals surface area contributed by atoms with Gasteiger partial charge in [-0.3, -0.25) is 5.32 Å². The van der Waals surface area contributed by atoms with Crippen LogP contribution in [0.4, 0.5) is 25.1 Å². The molecule has 1 aliphatic rings. The van der Waals surface area contributed by atoms with Gasteiger partial charge in [-0.15, -0.1) is 24.9 Å². The van der Waals surface area contributed by atoms with Crippen molar-refractivity contribution in [3.63, 3.8) is 0 Å². The number of hydrogen-bond acceptors (Lipinski definition) is 6. The molecule has 7 nitrogen and oxygen atoms in total. The molecule has 1 N–H and O–H groups in total. The molecule has 3 heterocycles. The summed E-state index contributed by atoms with van der Waals surface area (Å²) in [5, 5.41) is 3.19. The molecule has 0 bridgehead atoms. The maximum atomic E-state index is 13.8. The number of nitrogens with zero attached hydrogens (tertiary/aromatic N) is 6. The molecule has 0 radical (unpaired) electrons. The number of hydrogen-bond donors (Lipinski definition) is 1. The number of nitrogens with one attached hydrogen (secondary N) is 1. The van der Waals surface area contributed by atoms with Crippen molar-refractivity contribution in [1.82, 2.24) is 19.9 Å². The highest BCUT2D eigenvalue weighted by atomic mass is 19.1. The molecule has 5 aromatic rings. The first-order chi connectivity index (χ1) is 17.8. The highest BCUT2D eigenvalue weighted by Gasteiger charge is 2.29. The van der Waals surface area contributed by atoms with Gasteiger partial charge < -0.3 is 0 Å².